The number of hydrogen-bond donors (Lipinski definition) is 2. The fraction of sp³-hybridized carbons (Fsp3) is 0.333. The average molecular weight is 354 g/mol. The van der Waals surface area contributed by atoms with Gasteiger partial charge in [0.15, 0.2) is 12.3 Å². The van der Waals surface area contributed by atoms with E-state index in [1.807, 2.05) is 30.3 Å². The Kier molecular flexibility index (Phi) is 5.97. The zero-order valence-corrected chi connectivity index (χ0v) is 14.7. The molecule has 0 aliphatic rings. The number of carbonyl (C=O) groups is 1. The largest absolute Gasteiger partial charge is 0.484 e. The standard InChI is InChI=1S/C18H22N6O2/c1-2-8-20-17-15-11-23-24(18(15)22-13-21-17)10-9-19-16(25)12-26-14-6-4-3-5-7-14/h3-7,11,13H,2,8-10,12H2,1H3,(H,19,25)(H,20,21,22). The van der Waals surface area contributed by atoms with E-state index in [1.165, 1.54) is 6.33 Å². The van der Waals surface area contributed by atoms with Crippen LogP contribution in [0.3, 0.4) is 0 Å². The van der Waals surface area contributed by atoms with Gasteiger partial charge in [-0.3, -0.25) is 4.79 Å². The van der Waals surface area contributed by atoms with Crippen molar-refractivity contribution in [3.63, 3.8) is 0 Å². The maximum atomic E-state index is 11.9. The Morgan fingerprint density at radius 1 is 1.19 bits per heavy atom. The second-order valence-corrected chi connectivity index (χ2v) is 5.71. The van der Waals surface area contributed by atoms with E-state index in [4.69, 9.17) is 4.74 Å². The summed E-state index contributed by atoms with van der Waals surface area (Å²) in [5, 5.41) is 11.3. The number of carbonyl (C=O) groups excluding carboxylic acids is 1. The van der Waals surface area contributed by atoms with Gasteiger partial charge in [-0.05, 0) is 18.6 Å². The molecule has 2 aromatic heterocycles. The van der Waals surface area contributed by atoms with Crippen LogP contribution >= 0.6 is 0 Å². The maximum Gasteiger partial charge on any atom is 0.258 e. The first-order valence-electron chi connectivity index (χ1n) is 8.63. The van der Waals surface area contributed by atoms with Crippen molar-refractivity contribution in [2.24, 2.45) is 0 Å². The van der Waals surface area contributed by atoms with Crippen LogP contribution in [0.2, 0.25) is 0 Å². The first-order valence-corrected chi connectivity index (χ1v) is 8.63. The number of benzene rings is 1. The minimum absolute atomic E-state index is 0.0167. The molecule has 26 heavy (non-hydrogen) atoms. The number of aromatic nitrogens is 4. The number of para-hydroxylation sites is 1. The lowest BCUT2D eigenvalue weighted by Crippen LogP contribution is -2.31. The lowest BCUT2D eigenvalue weighted by Gasteiger charge is -2.08. The Balaban J connectivity index is 1.51. The molecule has 0 saturated carbocycles. The monoisotopic (exact) mass is 354 g/mol. The van der Waals surface area contributed by atoms with E-state index in [9.17, 15) is 4.79 Å². The summed E-state index contributed by atoms with van der Waals surface area (Å²) in [6, 6.07) is 9.25. The van der Waals surface area contributed by atoms with Crippen molar-refractivity contribution in [1.29, 1.82) is 0 Å². The van der Waals surface area contributed by atoms with Crippen molar-refractivity contribution in [1.82, 2.24) is 25.1 Å². The zero-order valence-electron chi connectivity index (χ0n) is 14.7. The molecule has 0 fully saturated rings. The molecule has 8 heteroatoms. The Morgan fingerprint density at radius 3 is 2.85 bits per heavy atom. The molecule has 2 N–H and O–H groups in total. The molecule has 1 amide bonds. The number of nitrogens with zero attached hydrogens (tertiary/aromatic N) is 4. The topological polar surface area (TPSA) is 94.0 Å². The van der Waals surface area contributed by atoms with Gasteiger partial charge in [0.2, 0.25) is 0 Å². The molecule has 3 rings (SSSR count). The van der Waals surface area contributed by atoms with Crippen LogP contribution in [0.1, 0.15) is 13.3 Å². The van der Waals surface area contributed by atoms with E-state index >= 15 is 0 Å². The highest BCUT2D eigenvalue weighted by molar-refractivity contribution is 5.86. The van der Waals surface area contributed by atoms with Gasteiger partial charge in [0.1, 0.15) is 17.9 Å². The molecular formula is C18H22N6O2. The van der Waals surface area contributed by atoms with Gasteiger partial charge in [0, 0.05) is 13.1 Å². The van der Waals surface area contributed by atoms with E-state index in [2.05, 4.69) is 32.6 Å². The van der Waals surface area contributed by atoms with Gasteiger partial charge in [-0.1, -0.05) is 25.1 Å². The summed E-state index contributed by atoms with van der Waals surface area (Å²) in [6.07, 6.45) is 4.27. The van der Waals surface area contributed by atoms with Gasteiger partial charge in [0.25, 0.3) is 5.91 Å². The summed E-state index contributed by atoms with van der Waals surface area (Å²) in [5.41, 5.74) is 0.744. The molecule has 0 aliphatic carbocycles. The summed E-state index contributed by atoms with van der Waals surface area (Å²) in [6.45, 7) is 3.88. The molecule has 8 nitrogen and oxygen atoms in total. The second-order valence-electron chi connectivity index (χ2n) is 5.71. The van der Waals surface area contributed by atoms with Gasteiger partial charge in [-0.25, -0.2) is 14.6 Å². The highest BCUT2D eigenvalue weighted by atomic mass is 16.5. The fourth-order valence-electron chi connectivity index (χ4n) is 2.46. The van der Waals surface area contributed by atoms with E-state index < -0.39 is 0 Å². The number of rotatable bonds is 9. The van der Waals surface area contributed by atoms with Crippen molar-refractivity contribution in [2.45, 2.75) is 19.9 Å². The number of ether oxygens (including phenoxy) is 1. The van der Waals surface area contributed by atoms with Crippen LogP contribution < -0.4 is 15.4 Å². The third kappa shape index (κ3) is 4.47. The van der Waals surface area contributed by atoms with Crippen LogP contribution in [-0.2, 0) is 11.3 Å². The SMILES string of the molecule is CCCNc1ncnc2c1cnn2CCNC(=O)COc1ccccc1. The summed E-state index contributed by atoms with van der Waals surface area (Å²) in [5.74, 6) is 1.28. The maximum absolute atomic E-state index is 11.9. The fourth-order valence-corrected chi connectivity index (χ4v) is 2.46. The Hall–Kier alpha value is -3.16. The Morgan fingerprint density at radius 2 is 2.04 bits per heavy atom. The van der Waals surface area contributed by atoms with Crippen molar-refractivity contribution < 1.29 is 9.53 Å². The van der Waals surface area contributed by atoms with Crippen molar-refractivity contribution in [3.05, 3.63) is 42.9 Å². The molecule has 2 heterocycles. The summed E-state index contributed by atoms with van der Waals surface area (Å²) in [4.78, 5) is 20.4. The highest BCUT2D eigenvalue weighted by Gasteiger charge is 2.09. The number of amides is 1. The highest BCUT2D eigenvalue weighted by Crippen LogP contribution is 2.18. The van der Waals surface area contributed by atoms with Gasteiger partial charge < -0.3 is 15.4 Å². The van der Waals surface area contributed by atoms with Crippen LogP contribution in [-0.4, -0.2) is 45.4 Å². The molecule has 1 aromatic carbocycles. The van der Waals surface area contributed by atoms with Gasteiger partial charge in [-0.15, -0.1) is 0 Å². The molecule has 0 bridgehead atoms. The van der Waals surface area contributed by atoms with Gasteiger partial charge >= 0.3 is 0 Å². The summed E-state index contributed by atoms with van der Waals surface area (Å²) >= 11 is 0. The van der Waals surface area contributed by atoms with Crippen LogP contribution in [0.25, 0.3) is 11.0 Å². The van der Waals surface area contributed by atoms with Crippen LogP contribution in [0, 0.1) is 0 Å². The predicted molar refractivity (Wildman–Crippen MR) is 99.1 cm³/mol. The molecule has 0 aliphatic heterocycles. The molecule has 0 radical (unpaired) electrons. The number of fused-ring (bicyclic) bond motifs is 1. The quantitative estimate of drug-likeness (QED) is 0.609. The van der Waals surface area contributed by atoms with Crippen molar-refractivity contribution in [2.75, 3.05) is 25.0 Å². The average Bonchev–Trinajstić information content (AvgIpc) is 3.09. The lowest BCUT2D eigenvalue weighted by molar-refractivity contribution is -0.123. The van der Waals surface area contributed by atoms with E-state index in [1.54, 1.807) is 10.9 Å². The minimum Gasteiger partial charge on any atom is -0.484 e. The Labute approximate surface area is 151 Å². The van der Waals surface area contributed by atoms with Crippen LogP contribution in [0.15, 0.2) is 42.9 Å². The van der Waals surface area contributed by atoms with Crippen LogP contribution in [0.4, 0.5) is 5.82 Å². The predicted octanol–water partition coefficient (Wildman–Crippen LogP) is 1.84. The molecule has 0 spiro atoms. The van der Waals surface area contributed by atoms with Crippen molar-refractivity contribution >= 4 is 22.8 Å². The minimum atomic E-state index is -0.176. The number of hydrogen-bond acceptors (Lipinski definition) is 6. The van der Waals surface area contributed by atoms with E-state index in [-0.39, 0.29) is 12.5 Å². The van der Waals surface area contributed by atoms with Gasteiger partial charge in [-0.2, -0.15) is 5.10 Å². The third-order valence-electron chi connectivity index (χ3n) is 3.73. The first-order chi connectivity index (χ1) is 12.8. The van der Waals surface area contributed by atoms with E-state index in [0.29, 0.717) is 18.8 Å². The number of anilines is 1. The summed E-state index contributed by atoms with van der Waals surface area (Å²) in [7, 11) is 0. The molecule has 0 atom stereocenters. The van der Waals surface area contributed by atoms with Crippen molar-refractivity contribution in [3.8, 4) is 5.75 Å². The smallest absolute Gasteiger partial charge is 0.258 e. The second kappa shape index (κ2) is 8.80. The van der Waals surface area contributed by atoms with Crippen LogP contribution in [0.5, 0.6) is 5.75 Å². The molecule has 0 unspecified atom stereocenters. The van der Waals surface area contributed by atoms with Gasteiger partial charge in [0.05, 0.1) is 18.1 Å². The number of nitrogens with one attached hydrogen (secondary N) is 2. The van der Waals surface area contributed by atoms with E-state index in [0.717, 1.165) is 29.8 Å². The lowest BCUT2D eigenvalue weighted by atomic mass is 10.3. The normalized spacial score (nSPS) is 10.7. The molecular weight excluding hydrogens is 332 g/mol. The first kappa shape index (κ1) is 17.7. The zero-order chi connectivity index (χ0) is 18.2. The Bertz CT molecular complexity index is 849. The summed E-state index contributed by atoms with van der Waals surface area (Å²) < 4.78 is 7.17. The molecule has 0 saturated heterocycles. The molecule has 136 valence electrons. The molecule has 3 aromatic rings. The third-order valence-corrected chi connectivity index (χ3v) is 3.73.